The molecule has 0 aliphatic rings. The third kappa shape index (κ3) is 3.50. The summed E-state index contributed by atoms with van der Waals surface area (Å²) in [6.45, 7) is 2.50. The average Bonchev–Trinajstić information content (AvgIpc) is 2.58. The first kappa shape index (κ1) is 15.3. The van der Waals surface area contributed by atoms with Crippen molar-refractivity contribution in [1.29, 1.82) is 0 Å². The summed E-state index contributed by atoms with van der Waals surface area (Å²) in [6, 6.07) is 19.2. The molecular formula is C18H21NO2. The molecular weight excluding hydrogens is 262 g/mol. The smallest absolute Gasteiger partial charge is 0.251 e. The average molecular weight is 283 g/mol. The highest BCUT2D eigenvalue weighted by atomic mass is 16.5. The number of hydrogen-bond donors (Lipinski definition) is 1. The van der Waals surface area contributed by atoms with Gasteiger partial charge in [-0.3, -0.25) is 4.79 Å². The van der Waals surface area contributed by atoms with Crippen LogP contribution in [0.15, 0.2) is 60.7 Å². The van der Waals surface area contributed by atoms with Gasteiger partial charge in [0.25, 0.3) is 5.91 Å². The Morgan fingerprint density at radius 2 is 1.62 bits per heavy atom. The van der Waals surface area contributed by atoms with E-state index in [-0.39, 0.29) is 5.91 Å². The minimum Gasteiger partial charge on any atom is -0.372 e. The molecule has 0 aromatic heterocycles. The number of carbonyl (C=O) groups is 1. The SMILES string of the molecule is CCC(CNC(=O)c1ccccc1)(OC)c1ccccc1. The Kier molecular flexibility index (Phi) is 5.12. The van der Waals surface area contributed by atoms with Crippen molar-refractivity contribution in [2.45, 2.75) is 18.9 Å². The van der Waals surface area contributed by atoms with Crippen LogP contribution in [0.5, 0.6) is 0 Å². The van der Waals surface area contributed by atoms with Gasteiger partial charge in [0.05, 0.1) is 6.54 Å². The first-order valence-electron chi connectivity index (χ1n) is 7.16. The van der Waals surface area contributed by atoms with Gasteiger partial charge in [0.15, 0.2) is 0 Å². The Morgan fingerprint density at radius 3 is 2.14 bits per heavy atom. The molecule has 0 radical (unpaired) electrons. The van der Waals surface area contributed by atoms with Gasteiger partial charge in [0.2, 0.25) is 0 Å². The van der Waals surface area contributed by atoms with E-state index in [0.717, 1.165) is 12.0 Å². The van der Waals surface area contributed by atoms with Crippen molar-refractivity contribution in [2.75, 3.05) is 13.7 Å². The van der Waals surface area contributed by atoms with Gasteiger partial charge in [0.1, 0.15) is 5.60 Å². The molecule has 0 aliphatic heterocycles. The van der Waals surface area contributed by atoms with Gasteiger partial charge < -0.3 is 10.1 Å². The van der Waals surface area contributed by atoms with E-state index in [1.807, 2.05) is 48.5 Å². The lowest BCUT2D eigenvalue weighted by molar-refractivity contribution is -0.0164. The lowest BCUT2D eigenvalue weighted by Crippen LogP contribution is -2.41. The zero-order valence-electron chi connectivity index (χ0n) is 12.5. The Hall–Kier alpha value is -2.13. The lowest BCUT2D eigenvalue weighted by Gasteiger charge is -2.32. The van der Waals surface area contributed by atoms with Crippen molar-refractivity contribution in [3.05, 3.63) is 71.8 Å². The number of hydrogen-bond acceptors (Lipinski definition) is 2. The van der Waals surface area contributed by atoms with E-state index in [2.05, 4.69) is 12.2 Å². The molecule has 1 amide bonds. The number of rotatable bonds is 6. The van der Waals surface area contributed by atoms with Gasteiger partial charge in [-0.25, -0.2) is 0 Å². The van der Waals surface area contributed by atoms with Crippen molar-refractivity contribution in [1.82, 2.24) is 5.32 Å². The molecule has 110 valence electrons. The summed E-state index contributed by atoms with van der Waals surface area (Å²) < 4.78 is 5.74. The Bertz CT molecular complexity index is 562. The minimum atomic E-state index is -0.494. The van der Waals surface area contributed by atoms with E-state index < -0.39 is 5.60 Å². The predicted octanol–water partition coefficient (Wildman–Crippen LogP) is 3.37. The second-order valence-corrected chi connectivity index (χ2v) is 4.97. The standard InChI is InChI=1S/C18H21NO2/c1-3-18(21-2,16-12-8-5-9-13-16)14-19-17(20)15-10-6-4-7-11-15/h4-13H,3,14H2,1-2H3,(H,19,20). The molecule has 0 spiro atoms. The van der Waals surface area contributed by atoms with E-state index >= 15 is 0 Å². The fourth-order valence-corrected chi connectivity index (χ4v) is 2.42. The van der Waals surface area contributed by atoms with Gasteiger partial charge in [-0.05, 0) is 24.1 Å². The predicted molar refractivity (Wildman–Crippen MR) is 84.2 cm³/mol. The second-order valence-electron chi connectivity index (χ2n) is 4.97. The number of amides is 1. The van der Waals surface area contributed by atoms with E-state index in [1.165, 1.54) is 0 Å². The molecule has 0 bridgehead atoms. The van der Waals surface area contributed by atoms with Crippen LogP contribution < -0.4 is 5.32 Å². The quantitative estimate of drug-likeness (QED) is 0.882. The molecule has 3 heteroatoms. The summed E-state index contributed by atoms with van der Waals surface area (Å²) in [5, 5.41) is 2.98. The van der Waals surface area contributed by atoms with Crippen molar-refractivity contribution in [3.63, 3.8) is 0 Å². The number of ether oxygens (including phenoxy) is 1. The van der Waals surface area contributed by atoms with Crippen LogP contribution in [0.3, 0.4) is 0 Å². The van der Waals surface area contributed by atoms with Crippen molar-refractivity contribution in [2.24, 2.45) is 0 Å². The topological polar surface area (TPSA) is 38.3 Å². The molecule has 2 rings (SSSR count). The first-order valence-corrected chi connectivity index (χ1v) is 7.16. The van der Waals surface area contributed by atoms with Crippen LogP contribution >= 0.6 is 0 Å². The summed E-state index contributed by atoms with van der Waals surface area (Å²) in [5.74, 6) is -0.0820. The van der Waals surface area contributed by atoms with Crippen LogP contribution in [0.2, 0.25) is 0 Å². The van der Waals surface area contributed by atoms with Crippen LogP contribution in [-0.4, -0.2) is 19.6 Å². The van der Waals surface area contributed by atoms with Gasteiger partial charge in [0, 0.05) is 12.7 Å². The molecule has 3 nitrogen and oxygen atoms in total. The molecule has 0 aliphatic carbocycles. The van der Waals surface area contributed by atoms with Crippen LogP contribution in [-0.2, 0) is 10.3 Å². The molecule has 0 saturated carbocycles. The second kappa shape index (κ2) is 7.04. The summed E-state index contributed by atoms with van der Waals surface area (Å²) in [4.78, 5) is 12.2. The van der Waals surface area contributed by atoms with Gasteiger partial charge in [-0.15, -0.1) is 0 Å². The largest absolute Gasteiger partial charge is 0.372 e. The summed E-state index contributed by atoms with van der Waals surface area (Å²) >= 11 is 0. The van der Waals surface area contributed by atoms with Crippen LogP contribution in [0.1, 0.15) is 29.3 Å². The van der Waals surface area contributed by atoms with E-state index in [0.29, 0.717) is 12.1 Å². The summed E-state index contributed by atoms with van der Waals surface area (Å²) in [6.07, 6.45) is 0.780. The summed E-state index contributed by atoms with van der Waals surface area (Å²) in [5.41, 5.74) is 1.24. The number of carbonyl (C=O) groups excluding carboxylic acids is 1. The normalized spacial score (nSPS) is 13.4. The highest BCUT2D eigenvalue weighted by Crippen LogP contribution is 2.28. The van der Waals surface area contributed by atoms with Crippen molar-refractivity contribution in [3.8, 4) is 0 Å². The highest BCUT2D eigenvalue weighted by molar-refractivity contribution is 5.94. The fraction of sp³-hybridized carbons (Fsp3) is 0.278. The number of methoxy groups -OCH3 is 1. The van der Waals surface area contributed by atoms with E-state index in [4.69, 9.17) is 4.74 Å². The maximum Gasteiger partial charge on any atom is 0.251 e. The molecule has 0 saturated heterocycles. The minimum absolute atomic E-state index is 0.0820. The molecule has 2 aromatic rings. The maximum atomic E-state index is 12.2. The number of benzene rings is 2. The zero-order valence-corrected chi connectivity index (χ0v) is 12.5. The molecule has 1 unspecified atom stereocenters. The molecule has 21 heavy (non-hydrogen) atoms. The molecule has 1 N–H and O–H groups in total. The zero-order chi connectivity index (χ0) is 15.1. The lowest BCUT2D eigenvalue weighted by atomic mass is 9.90. The van der Waals surface area contributed by atoms with Crippen molar-refractivity contribution < 1.29 is 9.53 Å². The molecule has 0 fully saturated rings. The van der Waals surface area contributed by atoms with Gasteiger partial charge in [-0.1, -0.05) is 55.5 Å². The fourth-order valence-electron chi connectivity index (χ4n) is 2.42. The molecule has 0 heterocycles. The van der Waals surface area contributed by atoms with E-state index in [9.17, 15) is 4.79 Å². The molecule has 1 atom stereocenters. The Labute approximate surface area is 126 Å². The van der Waals surface area contributed by atoms with Gasteiger partial charge >= 0.3 is 0 Å². The van der Waals surface area contributed by atoms with Gasteiger partial charge in [-0.2, -0.15) is 0 Å². The third-order valence-corrected chi connectivity index (χ3v) is 3.83. The number of nitrogens with one attached hydrogen (secondary N) is 1. The van der Waals surface area contributed by atoms with Crippen molar-refractivity contribution >= 4 is 5.91 Å². The Balaban J connectivity index is 2.13. The third-order valence-electron chi connectivity index (χ3n) is 3.83. The van der Waals surface area contributed by atoms with Crippen LogP contribution in [0, 0.1) is 0 Å². The summed E-state index contributed by atoms with van der Waals surface area (Å²) in [7, 11) is 1.69. The monoisotopic (exact) mass is 283 g/mol. The van der Waals surface area contributed by atoms with Crippen LogP contribution in [0.25, 0.3) is 0 Å². The Morgan fingerprint density at radius 1 is 1.05 bits per heavy atom. The highest BCUT2D eigenvalue weighted by Gasteiger charge is 2.30. The maximum absolute atomic E-state index is 12.2. The first-order chi connectivity index (χ1) is 10.2. The van der Waals surface area contributed by atoms with E-state index in [1.54, 1.807) is 19.2 Å². The molecule has 2 aromatic carbocycles. The van der Waals surface area contributed by atoms with Crippen LogP contribution in [0.4, 0.5) is 0 Å².